The van der Waals surface area contributed by atoms with Crippen molar-refractivity contribution in [2.24, 2.45) is 0 Å². The molecular formula is C26H31Cl2N5O3. The lowest BCUT2D eigenvalue weighted by Gasteiger charge is -2.29. The summed E-state index contributed by atoms with van der Waals surface area (Å²) in [7, 11) is 3.57. The smallest absolute Gasteiger partial charge is 0.262 e. The number of hydrogen-bond donors (Lipinski definition) is 3. The zero-order chi connectivity index (χ0) is 26.2. The van der Waals surface area contributed by atoms with E-state index in [4.69, 9.17) is 27.9 Å². The average Bonchev–Trinajstić information content (AvgIpc) is 2.91. The lowest BCUT2D eigenvalue weighted by Crippen LogP contribution is -2.29. The van der Waals surface area contributed by atoms with Gasteiger partial charge < -0.3 is 25.4 Å². The van der Waals surface area contributed by atoms with Crippen LogP contribution in [-0.4, -0.2) is 53.1 Å². The van der Waals surface area contributed by atoms with Crippen LogP contribution >= 0.6 is 23.2 Å². The van der Waals surface area contributed by atoms with Gasteiger partial charge in [0.15, 0.2) is 0 Å². The number of piperidine rings is 1. The van der Waals surface area contributed by atoms with Crippen molar-refractivity contribution in [2.45, 2.75) is 32.6 Å². The molecule has 0 saturated carbocycles. The highest BCUT2D eigenvalue weighted by Gasteiger charge is 2.20. The van der Waals surface area contributed by atoms with E-state index in [1.807, 2.05) is 26.0 Å². The fourth-order valence-electron chi connectivity index (χ4n) is 3.88. The Balaban J connectivity index is 0.00000176. The number of phenolic OH excluding ortho intramolecular Hbond substituents is 1. The number of aromatic hydroxyl groups is 1. The molecule has 3 N–H and O–H groups in total. The number of carbonyl (C=O) groups excluding carboxylic acids is 1. The van der Waals surface area contributed by atoms with E-state index < -0.39 is 5.91 Å². The Kier molecular flexibility index (Phi) is 9.75. The number of rotatable bonds is 6. The van der Waals surface area contributed by atoms with Gasteiger partial charge in [0.1, 0.15) is 16.3 Å². The summed E-state index contributed by atoms with van der Waals surface area (Å²) in [5.74, 6) is 0.151. The Bertz CT molecular complexity index is 1180. The van der Waals surface area contributed by atoms with E-state index in [9.17, 15) is 9.90 Å². The first kappa shape index (κ1) is 27.5. The topological polar surface area (TPSA) is 99.6 Å². The number of halogens is 2. The highest BCUT2D eigenvalue weighted by Crippen LogP contribution is 2.37. The number of aromatic nitrogens is 2. The molecule has 8 nitrogen and oxygen atoms in total. The molecule has 36 heavy (non-hydrogen) atoms. The quantitative estimate of drug-likeness (QED) is 0.341. The van der Waals surface area contributed by atoms with Crippen LogP contribution in [0.2, 0.25) is 10.0 Å². The number of nitrogens with one attached hydrogen (secondary N) is 2. The molecule has 0 atom stereocenters. The van der Waals surface area contributed by atoms with Crippen molar-refractivity contribution in [3.63, 3.8) is 0 Å². The molecule has 3 aromatic rings. The minimum Gasteiger partial charge on any atom is -0.506 e. The minimum atomic E-state index is -0.583. The molecule has 1 saturated heterocycles. The van der Waals surface area contributed by atoms with Crippen LogP contribution in [0.1, 0.15) is 48.5 Å². The maximum Gasteiger partial charge on any atom is 0.262 e. The second-order valence-electron chi connectivity index (χ2n) is 8.15. The van der Waals surface area contributed by atoms with Crippen LogP contribution < -0.4 is 15.4 Å². The Morgan fingerprint density at radius 2 is 1.78 bits per heavy atom. The zero-order valence-corrected chi connectivity index (χ0v) is 22.3. The summed E-state index contributed by atoms with van der Waals surface area (Å²) in [6, 6.07) is 11.0. The van der Waals surface area contributed by atoms with Crippen molar-refractivity contribution in [3.05, 3.63) is 63.8 Å². The summed E-state index contributed by atoms with van der Waals surface area (Å²) < 4.78 is 5.30. The number of methoxy groups -OCH3 is 1. The molecule has 0 unspecified atom stereocenters. The molecule has 2 heterocycles. The van der Waals surface area contributed by atoms with Gasteiger partial charge >= 0.3 is 0 Å². The van der Waals surface area contributed by atoms with Crippen molar-refractivity contribution in [2.75, 3.05) is 37.9 Å². The summed E-state index contributed by atoms with van der Waals surface area (Å²) in [4.78, 5) is 23.7. The number of benzene rings is 2. The zero-order valence-electron chi connectivity index (χ0n) is 20.8. The van der Waals surface area contributed by atoms with Crippen LogP contribution in [-0.2, 0) is 0 Å². The third kappa shape index (κ3) is 6.57. The largest absolute Gasteiger partial charge is 0.506 e. The maximum atomic E-state index is 12.8. The Hall–Kier alpha value is -3.07. The van der Waals surface area contributed by atoms with Gasteiger partial charge in [-0.05, 0) is 68.7 Å². The van der Waals surface area contributed by atoms with Gasteiger partial charge in [-0.2, -0.15) is 4.98 Å². The van der Waals surface area contributed by atoms with E-state index >= 15 is 0 Å². The predicted octanol–water partition coefficient (Wildman–Crippen LogP) is 6.33. The molecule has 1 aliphatic heterocycles. The summed E-state index contributed by atoms with van der Waals surface area (Å²) >= 11 is 12.2. The van der Waals surface area contributed by atoms with Gasteiger partial charge in [-0.3, -0.25) is 4.79 Å². The van der Waals surface area contributed by atoms with Crippen LogP contribution in [0.4, 0.5) is 17.3 Å². The van der Waals surface area contributed by atoms with Gasteiger partial charge in [0.2, 0.25) is 11.8 Å². The average molecular weight is 532 g/mol. The predicted molar refractivity (Wildman–Crippen MR) is 145 cm³/mol. The van der Waals surface area contributed by atoms with E-state index in [0.717, 1.165) is 31.6 Å². The Labute approximate surface area is 221 Å². The van der Waals surface area contributed by atoms with Gasteiger partial charge in [-0.15, -0.1) is 0 Å². The second-order valence-corrected chi connectivity index (χ2v) is 8.94. The maximum absolute atomic E-state index is 12.8. The molecule has 1 aliphatic rings. The normalized spacial score (nSPS) is 13.9. The molecule has 1 amide bonds. The molecule has 4 rings (SSSR count). The number of amides is 1. The first-order chi connectivity index (χ1) is 17.4. The van der Waals surface area contributed by atoms with Crippen molar-refractivity contribution in [3.8, 4) is 11.6 Å². The molecule has 0 bridgehead atoms. The first-order valence-electron chi connectivity index (χ1n) is 11.8. The summed E-state index contributed by atoms with van der Waals surface area (Å²) in [6.45, 7) is 6.23. The van der Waals surface area contributed by atoms with Crippen LogP contribution in [0, 0.1) is 0 Å². The molecule has 1 fully saturated rings. The van der Waals surface area contributed by atoms with Crippen LogP contribution in [0.25, 0.3) is 0 Å². The lowest BCUT2D eigenvalue weighted by atomic mass is 9.89. The second kappa shape index (κ2) is 12.8. The van der Waals surface area contributed by atoms with E-state index in [0.29, 0.717) is 5.92 Å². The SMILES string of the molecule is CC.COc1nc(Nc2ccc(C3CCN(C)CC3)cc2)ncc1C(=O)Nc1c(Cl)ccc(O)c1Cl. The fourth-order valence-corrected chi connectivity index (χ4v) is 4.35. The third-order valence-corrected chi connectivity index (χ3v) is 6.56. The fraction of sp³-hybridized carbons (Fsp3) is 0.346. The third-order valence-electron chi connectivity index (χ3n) is 5.86. The van der Waals surface area contributed by atoms with Crippen molar-refractivity contribution in [1.82, 2.24) is 14.9 Å². The molecule has 192 valence electrons. The van der Waals surface area contributed by atoms with Crippen molar-refractivity contribution in [1.29, 1.82) is 0 Å². The Morgan fingerprint density at radius 3 is 2.42 bits per heavy atom. The summed E-state index contributed by atoms with van der Waals surface area (Å²) in [6.07, 6.45) is 3.67. The molecular weight excluding hydrogens is 501 g/mol. The first-order valence-corrected chi connectivity index (χ1v) is 12.6. The van der Waals surface area contributed by atoms with Gasteiger partial charge in [-0.25, -0.2) is 4.98 Å². The number of carbonyl (C=O) groups is 1. The number of likely N-dealkylation sites (tertiary alicyclic amines) is 1. The van der Waals surface area contributed by atoms with E-state index in [-0.39, 0.29) is 38.9 Å². The molecule has 0 radical (unpaired) electrons. The van der Waals surface area contributed by atoms with E-state index in [1.165, 1.54) is 31.0 Å². The number of phenols is 1. The van der Waals surface area contributed by atoms with Crippen molar-refractivity contribution < 1.29 is 14.6 Å². The molecule has 0 aliphatic carbocycles. The van der Waals surface area contributed by atoms with Crippen LogP contribution in [0.3, 0.4) is 0 Å². The van der Waals surface area contributed by atoms with Gasteiger partial charge in [-0.1, -0.05) is 49.2 Å². The summed E-state index contributed by atoms with van der Waals surface area (Å²) in [5.41, 5.74) is 2.33. The Morgan fingerprint density at radius 1 is 1.11 bits per heavy atom. The molecule has 10 heteroatoms. The molecule has 1 aromatic heterocycles. The summed E-state index contributed by atoms with van der Waals surface area (Å²) in [5, 5.41) is 15.6. The van der Waals surface area contributed by atoms with Crippen LogP contribution in [0.5, 0.6) is 11.6 Å². The number of nitrogens with zero attached hydrogens (tertiary/aromatic N) is 3. The lowest BCUT2D eigenvalue weighted by molar-refractivity contribution is 0.102. The minimum absolute atomic E-state index is 0.0669. The highest BCUT2D eigenvalue weighted by molar-refractivity contribution is 6.40. The highest BCUT2D eigenvalue weighted by atomic mass is 35.5. The van der Waals surface area contributed by atoms with E-state index in [2.05, 4.69) is 44.7 Å². The number of anilines is 3. The van der Waals surface area contributed by atoms with E-state index in [1.54, 1.807) is 0 Å². The molecule has 2 aromatic carbocycles. The van der Waals surface area contributed by atoms with Gasteiger partial charge in [0.25, 0.3) is 5.91 Å². The number of hydrogen-bond acceptors (Lipinski definition) is 7. The van der Waals surface area contributed by atoms with Crippen molar-refractivity contribution >= 4 is 46.4 Å². The van der Waals surface area contributed by atoms with Gasteiger partial charge in [0.05, 0.1) is 17.8 Å². The standard InChI is InChI=1S/C24H25Cl2N5O3.C2H6/c1-31-11-9-15(10-12-31)14-3-5-16(6-4-14)28-24-27-13-17(23(30-24)34-2)22(33)29-21-18(25)7-8-19(32)20(21)26;1-2/h3-8,13,15,32H,9-12H2,1-2H3,(H,29,33)(H,27,28,30);1-2H3. The van der Waals surface area contributed by atoms with Crippen LogP contribution in [0.15, 0.2) is 42.6 Å². The monoisotopic (exact) mass is 531 g/mol. The molecule has 0 spiro atoms. The number of ether oxygens (including phenoxy) is 1. The van der Waals surface area contributed by atoms with Gasteiger partial charge in [0, 0.05) is 11.9 Å².